The minimum absolute atomic E-state index is 0.00614. The van der Waals surface area contributed by atoms with Gasteiger partial charge in [-0.25, -0.2) is 0 Å². The predicted octanol–water partition coefficient (Wildman–Crippen LogP) is 1.92. The maximum absolute atomic E-state index is 12.1. The summed E-state index contributed by atoms with van der Waals surface area (Å²) in [6.45, 7) is 7.73. The van der Waals surface area contributed by atoms with Crippen molar-refractivity contribution in [3.63, 3.8) is 0 Å². The van der Waals surface area contributed by atoms with Gasteiger partial charge in [-0.1, -0.05) is 19.1 Å². The molecule has 0 radical (unpaired) electrons. The lowest BCUT2D eigenvalue weighted by Gasteiger charge is -2.30. The molecule has 1 aromatic carbocycles. The highest BCUT2D eigenvalue weighted by molar-refractivity contribution is 5.78. The molecule has 23 heavy (non-hydrogen) atoms. The molecule has 1 amide bonds. The number of ether oxygens (including phenoxy) is 2. The number of piperidine rings is 1. The summed E-state index contributed by atoms with van der Waals surface area (Å²) in [5.74, 6) is 1.54. The number of allylic oxidation sites excluding steroid dienone is 1. The Kier molecular flexibility index (Phi) is 6.47. The Morgan fingerprint density at radius 2 is 2.30 bits per heavy atom. The zero-order valence-electron chi connectivity index (χ0n) is 13.9. The number of benzene rings is 1. The van der Waals surface area contributed by atoms with Crippen molar-refractivity contribution >= 4 is 5.91 Å². The molecule has 1 fully saturated rings. The van der Waals surface area contributed by atoms with E-state index in [-0.39, 0.29) is 18.6 Å². The molecular weight excluding hydrogens is 292 g/mol. The molecule has 1 aliphatic rings. The van der Waals surface area contributed by atoms with Gasteiger partial charge in [0.05, 0.1) is 7.11 Å². The van der Waals surface area contributed by atoms with E-state index >= 15 is 0 Å². The summed E-state index contributed by atoms with van der Waals surface area (Å²) in [4.78, 5) is 12.1. The monoisotopic (exact) mass is 318 g/mol. The standard InChI is InChI=1S/C18H26N2O3/c1-4-5-14-6-7-16(17(10-14)22-3)23-12-18(21)20-15-8-9-19-11-13(15)2/h4,6-7,10,13,15,19H,1,5,8-9,11-12H2,2-3H3,(H,20,21). The molecule has 0 bridgehead atoms. The van der Waals surface area contributed by atoms with Crippen LogP contribution in [0.1, 0.15) is 18.9 Å². The van der Waals surface area contributed by atoms with Crippen molar-refractivity contribution in [3.05, 3.63) is 36.4 Å². The van der Waals surface area contributed by atoms with Crippen molar-refractivity contribution in [1.29, 1.82) is 0 Å². The van der Waals surface area contributed by atoms with Gasteiger partial charge in [-0.2, -0.15) is 0 Å². The minimum Gasteiger partial charge on any atom is -0.493 e. The molecule has 1 heterocycles. The van der Waals surface area contributed by atoms with Gasteiger partial charge in [0.15, 0.2) is 18.1 Å². The van der Waals surface area contributed by atoms with Crippen molar-refractivity contribution in [3.8, 4) is 11.5 Å². The van der Waals surface area contributed by atoms with Crippen LogP contribution in [0, 0.1) is 5.92 Å². The molecule has 5 nitrogen and oxygen atoms in total. The topological polar surface area (TPSA) is 59.6 Å². The molecule has 5 heteroatoms. The number of carbonyl (C=O) groups is 1. The number of methoxy groups -OCH3 is 1. The van der Waals surface area contributed by atoms with Crippen LogP contribution in [0.5, 0.6) is 11.5 Å². The number of hydrogen-bond donors (Lipinski definition) is 2. The summed E-state index contributed by atoms with van der Waals surface area (Å²) in [5.41, 5.74) is 1.09. The lowest BCUT2D eigenvalue weighted by Crippen LogP contribution is -2.49. The average molecular weight is 318 g/mol. The van der Waals surface area contributed by atoms with E-state index in [1.54, 1.807) is 7.11 Å². The number of rotatable bonds is 7. The summed E-state index contributed by atoms with van der Waals surface area (Å²) < 4.78 is 11.0. The van der Waals surface area contributed by atoms with E-state index in [9.17, 15) is 4.79 Å². The van der Waals surface area contributed by atoms with E-state index in [0.717, 1.165) is 31.5 Å². The van der Waals surface area contributed by atoms with Crippen LogP contribution in [0.4, 0.5) is 0 Å². The first kappa shape index (κ1) is 17.3. The molecular formula is C18H26N2O3. The molecule has 1 aromatic rings. The van der Waals surface area contributed by atoms with Crippen molar-refractivity contribution in [2.75, 3.05) is 26.8 Å². The van der Waals surface area contributed by atoms with Crippen LogP contribution in [-0.4, -0.2) is 38.8 Å². The van der Waals surface area contributed by atoms with Gasteiger partial charge in [-0.3, -0.25) is 4.79 Å². The smallest absolute Gasteiger partial charge is 0.258 e. The minimum atomic E-state index is -0.0963. The fourth-order valence-electron chi connectivity index (χ4n) is 2.75. The van der Waals surface area contributed by atoms with Crippen LogP contribution in [0.2, 0.25) is 0 Å². The number of amides is 1. The first-order chi connectivity index (χ1) is 11.1. The Hall–Kier alpha value is -2.01. The van der Waals surface area contributed by atoms with Crippen LogP contribution in [0.15, 0.2) is 30.9 Å². The molecule has 2 unspecified atom stereocenters. The quantitative estimate of drug-likeness (QED) is 0.754. The molecule has 2 rings (SSSR count). The van der Waals surface area contributed by atoms with Crippen molar-refractivity contribution < 1.29 is 14.3 Å². The molecule has 2 N–H and O–H groups in total. The van der Waals surface area contributed by atoms with Crippen LogP contribution >= 0.6 is 0 Å². The molecule has 2 atom stereocenters. The lowest BCUT2D eigenvalue weighted by atomic mass is 9.95. The van der Waals surface area contributed by atoms with E-state index in [2.05, 4.69) is 24.1 Å². The zero-order valence-corrected chi connectivity index (χ0v) is 13.9. The highest BCUT2D eigenvalue weighted by Crippen LogP contribution is 2.28. The molecule has 1 aliphatic heterocycles. The number of nitrogens with one attached hydrogen (secondary N) is 2. The van der Waals surface area contributed by atoms with Crippen LogP contribution in [0.25, 0.3) is 0 Å². The average Bonchev–Trinajstić information content (AvgIpc) is 2.56. The van der Waals surface area contributed by atoms with Gasteiger partial charge in [-0.05, 0) is 49.5 Å². The van der Waals surface area contributed by atoms with Crippen LogP contribution in [0.3, 0.4) is 0 Å². The second kappa shape index (κ2) is 8.58. The third-order valence-corrected chi connectivity index (χ3v) is 4.10. The largest absolute Gasteiger partial charge is 0.493 e. The van der Waals surface area contributed by atoms with Gasteiger partial charge in [0.2, 0.25) is 0 Å². The van der Waals surface area contributed by atoms with Crippen molar-refractivity contribution in [1.82, 2.24) is 10.6 Å². The lowest BCUT2D eigenvalue weighted by molar-refractivity contribution is -0.124. The van der Waals surface area contributed by atoms with E-state index < -0.39 is 0 Å². The molecule has 1 saturated heterocycles. The summed E-state index contributed by atoms with van der Waals surface area (Å²) in [6.07, 6.45) is 3.56. The maximum Gasteiger partial charge on any atom is 0.258 e. The van der Waals surface area contributed by atoms with Gasteiger partial charge < -0.3 is 20.1 Å². The Bertz CT molecular complexity index is 545. The van der Waals surface area contributed by atoms with E-state index in [1.165, 1.54) is 0 Å². The van der Waals surface area contributed by atoms with Gasteiger partial charge in [-0.15, -0.1) is 6.58 Å². The number of hydrogen-bond acceptors (Lipinski definition) is 4. The Balaban J connectivity index is 1.89. The SMILES string of the molecule is C=CCc1ccc(OCC(=O)NC2CCNCC2C)c(OC)c1. The van der Waals surface area contributed by atoms with Gasteiger partial charge >= 0.3 is 0 Å². The summed E-state index contributed by atoms with van der Waals surface area (Å²) >= 11 is 0. The van der Waals surface area contributed by atoms with Crippen molar-refractivity contribution in [2.45, 2.75) is 25.8 Å². The predicted molar refractivity (Wildman–Crippen MR) is 91.0 cm³/mol. The third-order valence-electron chi connectivity index (χ3n) is 4.10. The summed E-state index contributed by atoms with van der Waals surface area (Å²) in [6, 6.07) is 5.90. The maximum atomic E-state index is 12.1. The highest BCUT2D eigenvalue weighted by atomic mass is 16.5. The second-order valence-electron chi connectivity index (χ2n) is 5.91. The van der Waals surface area contributed by atoms with Gasteiger partial charge in [0, 0.05) is 6.04 Å². The van der Waals surface area contributed by atoms with E-state index in [4.69, 9.17) is 9.47 Å². The Morgan fingerprint density at radius 3 is 3.00 bits per heavy atom. The first-order valence-corrected chi connectivity index (χ1v) is 8.04. The second-order valence-corrected chi connectivity index (χ2v) is 5.91. The fourth-order valence-corrected chi connectivity index (χ4v) is 2.75. The molecule has 0 saturated carbocycles. The molecule has 126 valence electrons. The van der Waals surface area contributed by atoms with Crippen molar-refractivity contribution in [2.24, 2.45) is 5.92 Å². The normalized spacial score (nSPS) is 20.6. The third kappa shape index (κ3) is 4.99. The summed E-state index contributed by atoms with van der Waals surface area (Å²) in [5, 5.41) is 6.37. The molecule has 0 spiro atoms. The first-order valence-electron chi connectivity index (χ1n) is 8.04. The fraction of sp³-hybridized carbons (Fsp3) is 0.500. The van der Waals surface area contributed by atoms with Crippen LogP contribution in [-0.2, 0) is 11.2 Å². The van der Waals surface area contributed by atoms with Gasteiger partial charge in [0.1, 0.15) is 0 Å². The van der Waals surface area contributed by atoms with Gasteiger partial charge in [0.25, 0.3) is 5.91 Å². The Morgan fingerprint density at radius 1 is 1.48 bits per heavy atom. The van der Waals surface area contributed by atoms with E-state index in [0.29, 0.717) is 17.4 Å². The zero-order chi connectivity index (χ0) is 16.7. The Labute approximate surface area is 138 Å². The van der Waals surface area contributed by atoms with Crippen LogP contribution < -0.4 is 20.1 Å². The molecule has 0 aliphatic carbocycles. The summed E-state index contributed by atoms with van der Waals surface area (Å²) in [7, 11) is 1.59. The number of carbonyl (C=O) groups excluding carboxylic acids is 1. The molecule has 0 aromatic heterocycles. The van der Waals surface area contributed by atoms with E-state index in [1.807, 2.05) is 24.3 Å². The highest BCUT2D eigenvalue weighted by Gasteiger charge is 2.22.